The Kier molecular flexibility index (Phi) is 5.38. The van der Waals surface area contributed by atoms with E-state index in [2.05, 4.69) is 37.9 Å². The molecule has 1 fully saturated rings. The standard InChI is InChI=1S/C21H25N3O2S/c1-26-18-5-2-4-16(10-18)12-21(15-25)8-3-9-24(14-21)13-17-6-7-19-20(11-17)23-27-22-19/h2,4-7,10-11,25H,3,8-9,12-15H2,1H3. The van der Waals surface area contributed by atoms with Crippen LogP contribution < -0.4 is 4.74 Å². The predicted molar refractivity (Wildman–Crippen MR) is 108 cm³/mol. The Morgan fingerprint density at radius 2 is 2.04 bits per heavy atom. The highest BCUT2D eigenvalue weighted by Gasteiger charge is 2.35. The number of hydrogen-bond acceptors (Lipinski definition) is 6. The van der Waals surface area contributed by atoms with Crippen LogP contribution >= 0.6 is 11.7 Å². The van der Waals surface area contributed by atoms with E-state index >= 15 is 0 Å². The van der Waals surface area contributed by atoms with Crippen LogP contribution in [-0.4, -0.2) is 45.6 Å². The Labute approximate surface area is 163 Å². The molecule has 2 aromatic carbocycles. The number of rotatable bonds is 6. The van der Waals surface area contributed by atoms with Crippen LogP contribution in [0.15, 0.2) is 42.5 Å². The average Bonchev–Trinajstić information content (AvgIpc) is 3.16. The van der Waals surface area contributed by atoms with Crippen LogP contribution in [0, 0.1) is 5.41 Å². The van der Waals surface area contributed by atoms with Gasteiger partial charge in [0.2, 0.25) is 0 Å². The van der Waals surface area contributed by atoms with E-state index in [1.165, 1.54) is 22.9 Å². The third-order valence-corrected chi connectivity index (χ3v) is 6.07. The molecular formula is C21H25N3O2S. The lowest BCUT2D eigenvalue weighted by Crippen LogP contribution is -2.46. The van der Waals surface area contributed by atoms with Crippen LogP contribution in [0.1, 0.15) is 24.0 Å². The second-order valence-electron chi connectivity index (χ2n) is 7.59. The number of hydrogen-bond donors (Lipinski definition) is 1. The summed E-state index contributed by atoms with van der Waals surface area (Å²) in [5, 5.41) is 10.3. The van der Waals surface area contributed by atoms with Crippen molar-refractivity contribution in [3.8, 4) is 5.75 Å². The number of likely N-dealkylation sites (tertiary alicyclic amines) is 1. The zero-order chi connectivity index (χ0) is 18.7. The van der Waals surface area contributed by atoms with Crippen LogP contribution in [0.2, 0.25) is 0 Å². The van der Waals surface area contributed by atoms with Crippen molar-refractivity contribution in [3.63, 3.8) is 0 Å². The molecule has 1 unspecified atom stereocenters. The Morgan fingerprint density at radius 1 is 1.15 bits per heavy atom. The molecule has 1 N–H and O–H groups in total. The van der Waals surface area contributed by atoms with Gasteiger partial charge in [-0.15, -0.1) is 0 Å². The van der Waals surface area contributed by atoms with Gasteiger partial charge < -0.3 is 9.84 Å². The van der Waals surface area contributed by atoms with E-state index in [4.69, 9.17) is 4.74 Å². The smallest absolute Gasteiger partial charge is 0.119 e. The highest BCUT2D eigenvalue weighted by molar-refractivity contribution is 7.00. The Balaban J connectivity index is 1.48. The van der Waals surface area contributed by atoms with Crippen molar-refractivity contribution >= 4 is 22.8 Å². The maximum absolute atomic E-state index is 10.3. The van der Waals surface area contributed by atoms with Gasteiger partial charge in [-0.2, -0.15) is 8.75 Å². The van der Waals surface area contributed by atoms with Crippen LogP contribution in [0.5, 0.6) is 5.75 Å². The largest absolute Gasteiger partial charge is 0.497 e. The number of aromatic nitrogens is 2. The molecule has 2 heterocycles. The number of fused-ring (bicyclic) bond motifs is 1. The Morgan fingerprint density at radius 3 is 2.89 bits per heavy atom. The van der Waals surface area contributed by atoms with Crippen molar-refractivity contribution < 1.29 is 9.84 Å². The predicted octanol–water partition coefficient (Wildman–Crippen LogP) is 3.52. The first-order valence-corrected chi connectivity index (χ1v) is 10.1. The molecule has 0 radical (unpaired) electrons. The molecule has 27 heavy (non-hydrogen) atoms. The van der Waals surface area contributed by atoms with Gasteiger partial charge in [0.15, 0.2) is 0 Å². The van der Waals surface area contributed by atoms with Gasteiger partial charge in [0.1, 0.15) is 16.8 Å². The van der Waals surface area contributed by atoms with E-state index in [9.17, 15) is 5.11 Å². The number of ether oxygens (including phenoxy) is 1. The van der Waals surface area contributed by atoms with Gasteiger partial charge in [-0.3, -0.25) is 4.90 Å². The van der Waals surface area contributed by atoms with E-state index in [1.807, 2.05) is 18.2 Å². The number of methoxy groups -OCH3 is 1. The molecule has 1 aliphatic rings. The molecule has 1 saturated heterocycles. The van der Waals surface area contributed by atoms with Gasteiger partial charge in [0, 0.05) is 18.5 Å². The molecule has 0 bridgehead atoms. The normalized spacial score (nSPS) is 20.8. The van der Waals surface area contributed by atoms with Gasteiger partial charge in [-0.05, 0) is 61.2 Å². The number of aliphatic hydroxyl groups is 1. The Hall–Kier alpha value is -2.02. The second-order valence-corrected chi connectivity index (χ2v) is 8.12. The minimum absolute atomic E-state index is 0.100. The van der Waals surface area contributed by atoms with Crippen molar-refractivity contribution in [2.24, 2.45) is 5.41 Å². The first-order valence-electron chi connectivity index (χ1n) is 9.37. The summed E-state index contributed by atoms with van der Waals surface area (Å²) >= 11 is 1.26. The van der Waals surface area contributed by atoms with E-state index in [1.54, 1.807) is 7.11 Å². The maximum Gasteiger partial charge on any atom is 0.119 e. The number of aliphatic hydroxyl groups excluding tert-OH is 1. The highest BCUT2D eigenvalue weighted by Crippen LogP contribution is 2.34. The summed E-state index contributed by atoms with van der Waals surface area (Å²) in [5.74, 6) is 0.874. The maximum atomic E-state index is 10.3. The molecule has 5 nitrogen and oxygen atoms in total. The topological polar surface area (TPSA) is 58.5 Å². The molecule has 3 aromatic rings. The van der Waals surface area contributed by atoms with Crippen LogP contribution in [0.3, 0.4) is 0 Å². The summed E-state index contributed by atoms with van der Waals surface area (Å²) in [4.78, 5) is 2.46. The molecule has 6 heteroatoms. The van der Waals surface area contributed by atoms with E-state index in [0.29, 0.717) is 0 Å². The summed E-state index contributed by atoms with van der Waals surface area (Å²) in [6.45, 7) is 3.05. The quantitative estimate of drug-likeness (QED) is 0.706. The molecule has 1 aliphatic heterocycles. The molecule has 0 aliphatic carbocycles. The van der Waals surface area contributed by atoms with Crippen LogP contribution in [-0.2, 0) is 13.0 Å². The minimum atomic E-state index is -0.100. The van der Waals surface area contributed by atoms with Gasteiger partial charge >= 0.3 is 0 Å². The molecule has 142 valence electrons. The van der Waals surface area contributed by atoms with E-state index < -0.39 is 0 Å². The fraction of sp³-hybridized carbons (Fsp3) is 0.429. The third-order valence-electron chi connectivity index (χ3n) is 5.51. The summed E-state index contributed by atoms with van der Waals surface area (Å²) in [6, 6.07) is 14.5. The van der Waals surface area contributed by atoms with Gasteiger partial charge in [0.25, 0.3) is 0 Å². The monoisotopic (exact) mass is 383 g/mol. The molecule has 0 saturated carbocycles. The minimum Gasteiger partial charge on any atom is -0.497 e. The summed E-state index contributed by atoms with van der Waals surface area (Å²) in [7, 11) is 1.69. The summed E-state index contributed by atoms with van der Waals surface area (Å²) in [5.41, 5.74) is 4.31. The SMILES string of the molecule is COc1cccc(CC2(CO)CCCN(Cc3ccc4nsnc4c3)C2)c1. The van der Waals surface area contributed by atoms with Gasteiger partial charge in [-0.25, -0.2) is 0 Å². The van der Waals surface area contributed by atoms with Crippen LogP contribution in [0.4, 0.5) is 0 Å². The first-order chi connectivity index (χ1) is 13.2. The Bertz CT molecular complexity index is 913. The van der Waals surface area contributed by atoms with Crippen molar-refractivity contribution in [1.29, 1.82) is 0 Å². The van der Waals surface area contributed by atoms with Crippen LogP contribution in [0.25, 0.3) is 11.0 Å². The summed E-state index contributed by atoms with van der Waals surface area (Å²) in [6.07, 6.45) is 3.02. The molecule has 0 amide bonds. The van der Waals surface area contributed by atoms with Crippen molar-refractivity contribution in [2.45, 2.75) is 25.8 Å². The fourth-order valence-electron chi connectivity index (χ4n) is 4.17. The lowest BCUT2D eigenvalue weighted by molar-refractivity contribution is 0.0288. The molecule has 4 rings (SSSR count). The van der Waals surface area contributed by atoms with Gasteiger partial charge in [0.05, 0.1) is 25.4 Å². The number of benzene rings is 2. The zero-order valence-electron chi connectivity index (χ0n) is 15.6. The molecule has 1 atom stereocenters. The van der Waals surface area contributed by atoms with E-state index in [-0.39, 0.29) is 12.0 Å². The molecule has 1 aromatic heterocycles. The molecule has 0 spiro atoms. The van der Waals surface area contributed by atoms with Gasteiger partial charge in [-0.1, -0.05) is 18.2 Å². The van der Waals surface area contributed by atoms with Crippen molar-refractivity contribution in [3.05, 3.63) is 53.6 Å². The second kappa shape index (κ2) is 7.92. The molecular weight excluding hydrogens is 358 g/mol. The average molecular weight is 384 g/mol. The van der Waals surface area contributed by atoms with E-state index in [0.717, 1.165) is 55.7 Å². The van der Waals surface area contributed by atoms with Crippen molar-refractivity contribution in [2.75, 3.05) is 26.8 Å². The first kappa shape index (κ1) is 18.3. The number of nitrogens with zero attached hydrogens (tertiary/aromatic N) is 3. The van der Waals surface area contributed by atoms with Crippen molar-refractivity contribution in [1.82, 2.24) is 13.6 Å². The lowest BCUT2D eigenvalue weighted by Gasteiger charge is -2.42. The fourth-order valence-corrected chi connectivity index (χ4v) is 4.69. The zero-order valence-corrected chi connectivity index (χ0v) is 16.4. The third kappa shape index (κ3) is 4.13. The number of piperidine rings is 1. The highest BCUT2D eigenvalue weighted by atomic mass is 32.1. The summed E-state index contributed by atoms with van der Waals surface area (Å²) < 4.78 is 14.0. The lowest BCUT2D eigenvalue weighted by atomic mass is 9.75.